The summed E-state index contributed by atoms with van der Waals surface area (Å²) in [5.74, 6) is 0.0290. The summed E-state index contributed by atoms with van der Waals surface area (Å²) in [4.78, 5) is 87.1. The largest absolute Gasteiger partial charge is 0.438 e. The van der Waals surface area contributed by atoms with E-state index in [-0.39, 0.29) is 64.1 Å². The van der Waals surface area contributed by atoms with Crippen LogP contribution >= 0.6 is 0 Å². The highest BCUT2D eigenvalue weighted by molar-refractivity contribution is 6.09. The molecule has 0 bridgehead atoms. The zero-order valence-corrected chi connectivity index (χ0v) is 38.9. The minimum Gasteiger partial charge on any atom is -0.438 e. The Morgan fingerprint density at radius 1 is 0.500 bits per heavy atom. The van der Waals surface area contributed by atoms with E-state index in [0.717, 1.165) is 16.7 Å². The molecule has 2 unspecified atom stereocenters. The van der Waals surface area contributed by atoms with Crippen molar-refractivity contribution < 1.29 is 28.7 Å². The normalized spacial score (nSPS) is 12.0. The quantitative estimate of drug-likeness (QED) is 0.0627. The van der Waals surface area contributed by atoms with Gasteiger partial charge in [-0.3, -0.25) is 29.1 Å². The molecule has 0 radical (unpaired) electrons. The summed E-state index contributed by atoms with van der Waals surface area (Å²) >= 11 is 0. The minimum atomic E-state index is -0.390. The van der Waals surface area contributed by atoms with Crippen molar-refractivity contribution in [3.05, 3.63) is 216 Å². The number of ketones is 2. The smallest absolute Gasteiger partial charge is 0.257 e. The maximum atomic E-state index is 13.8. The molecule has 4 N–H and O–H groups in total. The van der Waals surface area contributed by atoms with Crippen LogP contribution in [-0.2, 0) is 12.8 Å². The number of hydrogen-bond donors (Lipinski definition) is 4. The zero-order valence-electron chi connectivity index (χ0n) is 38.9. The Morgan fingerprint density at radius 2 is 1.03 bits per heavy atom. The van der Waals surface area contributed by atoms with Gasteiger partial charge in [0.15, 0.2) is 11.6 Å². The van der Waals surface area contributed by atoms with E-state index in [2.05, 4.69) is 45.5 Å². The predicted molar refractivity (Wildman–Crippen MR) is 269 cm³/mol. The van der Waals surface area contributed by atoms with Crippen molar-refractivity contribution in [2.45, 2.75) is 38.8 Å². The lowest BCUT2D eigenvalue weighted by Gasteiger charge is -2.16. The molecule has 2 amide bonds. The van der Waals surface area contributed by atoms with E-state index < -0.39 is 5.91 Å². The second-order valence-electron chi connectivity index (χ2n) is 17.0. The minimum absolute atomic E-state index is 0.0524. The molecular formula is C56H44N10O6. The first-order valence-electron chi connectivity index (χ1n) is 23.1. The van der Waals surface area contributed by atoms with Gasteiger partial charge < -0.3 is 30.1 Å². The fourth-order valence-corrected chi connectivity index (χ4v) is 8.01. The molecule has 0 spiro atoms. The molecule has 0 saturated heterocycles. The van der Waals surface area contributed by atoms with Gasteiger partial charge in [-0.05, 0) is 135 Å². The first-order chi connectivity index (χ1) is 35.1. The van der Waals surface area contributed by atoms with Crippen LogP contribution in [0.4, 0.5) is 0 Å². The second-order valence-corrected chi connectivity index (χ2v) is 17.0. The molecule has 0 fully saturated rings. The average Bonchev–Trinajstić information content (AvgIpc) is 4.05. The van der Waals surface area contributed by atoms with Crippen LogP contribution in [0.15, 0.2) is 170 Å². The van der Waals surface area contributed by atoms with Gasteiger partial charge >= 0.3 is 0 Å². The van der Waals surface area contributed by atoms with Crippen LogP contribution in [-0.4, -0.2) is 75.3 Å². The Hall–Kier alpha value is -9.70. The summed E-state index contributed by atoms with van der Waals surface area (Å²) in [6, 6.07) is 43.3. The third-order valence-electron chi connectivity index (χ3n) is 11.6. The molecule has 0 aliphatic carbocycles. The van der Waals surface area contributed by atoms with Crippen LogP contribution < -0.4 is 20.1 Å². The van der Waals surface area contributed by atoms with Crippen LogP contribution in [0.1, 0.15) is 78.3 Å². The molecule has 16 heteroatoms. The third-order valence-corrected chi connectivity index (χ3v) is 11.6. The lowest BCUT2D eigenvalue weighted by molar-refractivity contribution is 0.0928. The van der Waals surface area contributed by atoms with Crippen molar-refractivity contribution in [1.82, 2.24) is 50.5 Å². The van der Waals surface area contributed by atoms with Crippen LogP contribution in [0.5, 0.6) is 23.3 Å². The third kappa shape index (κ3) is 10.5. The van der Waals surface area contributed by atoms with Crippen LogP contribution in [0.25, 0.3) is 33.3 Å². The van der Waals surface area contributed by atoms with E-state index in [1.165, 1.54) is 6.20 Å². The Morgan fingerprint density at radius 3 is 1.57 bits per heavy atom. The van der Waals surface area contributed by atoms with E-state index in [1.807, 2.05) is 92.7 Å². The molecule has 354 valence electrons. The number of nitrogens with one attached hydrogen (secondary N) is 4. The highest BCUT2D eigenvalue weighted by Crippen LogP contribution is 2.29. The number of aromatic amines is 2. The highest BCUT2D eigenvalue weighted by atomic mass is 16.5. The summed E-state index contributed by atoms with van der Waals surface area (Å²) in [7, 11) is 0. The monoisotopic (exact) mass is 952 g/mol. The Labute approximate surface area is 412 Å². The number of H-pyrrole nitrogens is 2. The second kappa shape index (κ2) is 20.5. The molecule has 4 aromatic carbocycles. The lowest BCUT2D eigenvalue weighted by atomic mass is 10.1. The Balaban J connectivity index is 0.805. The molecule has 72 heavy (non-hydrogen) atoms. The standard InChI is InChI=1S/C56H44N10O6/c1-33(30-38-10-7-8-28-57-38)61-54(70)43-26-27-44(66-56(43)72-41-24-19-36(20-25-41)50(68)52-64-47-14-5-6-15-48(47)65-52)37-16-21-39(59-32-37)31-34(2)60-53(69)42-11-9-29-58-55(42)71-40-22-17-35(18-23-40)49(67)51-62-45-12-3-4-13-46(45)63-51/h3-29,32-34H,30-31H2,1-2H3,(H,60,69)(H,61,70)(H,62,63)(H,64,65). The number of hydrogen-bond acceptors (Lipinski definition) is 12. The van der Waals surface area contributed by atoms with Crippen LogP contribution in [0.2, 0.25) is 0 Å². The van der Waals surface area contributed by atoms with Crippen LogP contribution in [0.3, 0.4) is 0 Å². The lowest BCUT2D eigenvalue weighted by Crippen LogP contribution is -2.34. The van der Waals surface area contributed by atoms with E-state index in [1.54, 1.807) is 85.2 Å². The molecule has 2 atom stereocenters. The molecule has 0 aliphatic heterocycles. The van der Waals surface area contributed by atoms with Gasteiger partial charge in [0, 0.05) is 71.6 Å². The fraction of sp³-hybridized carbons (Fsp3) is 0.107. The molecule has 0 aliphatic rings. The Kier molecular flexibility index (Phi) is 13.1. The van der Waals surface area contributed by atoms with Crippen LogP contribution in [0, 0.1) is 0 Å². The maximum absolute atomic E-state index is 13.8. The van der Waals surface area contributed by atoms with Gasteiger partial charge in [0.25, 0.3) is 11.8 Å². The molecule has 0 saturated carbocycles. The molecule has 16 nitrogen and oxygen atoms in total. The number of carbonyl (C=O) groups excluding carboxylic acids is 4. The number of para-hydroxylation sites is 4. The summed E-state index contributed by atoms with van der Waals surface area (Å²) in [6.07, 6.45) is 5.83. The maximum Gasteiger partial charge on any atom is 0.257 e. The topological polar surface area (TPSA) is 220 Å². The molecular weight excluding hydrogens is 909 g/mol. The van der Waals surface area contributed by atoms with Crippen molar-refractivity contribution in [2.75, 3.05) is 0 Å². The summed E-state index contributed by atoms with van der Waals surface area (Å²) in [5, 5.41) is 6.06. The number of aromatic nitrogens is 8. The molecule has 6 aromatic heterocycles. The van der Waals surface area contributed by atoms with Gasteiger partial charge in [0.1, 0.15) is 22.6 Å². The van der Waals surface area contributed by atoms with E-state index in [0.29, 0.717) is 63.5 Å². The van der Waals surface area contributed by atoms with Gasteiger partial charge in [-0.25, -0.2) is 19.9 Å². The number of ether oxygens (including phenoxy) is 2. The number of rotatable bonds is 17. The van der Waals surface area contributed by atoms with Crippen molar-refractivity contribution in [1.29, 1.82) is 0 Å². The molecule has 10 rings (SSSR count). The number of carbonyl (C=O) groups is 4. The van der Waals surface area contributed by atoms with E-state index in [4.69, 9.17) is 14.5 Å². The van der Waals surface area contributed by atoms with Gasteiger partial charge in [-0.2, -0.15) is 0 Å². The summed E-state index contributed by atoms with van der Waals surface area (Å²) in [6.45, 7) is 3.77. The van der Waals surface area contributed by atoms with Gasteiger partial charge in [0.05, 0.1) is 27.8 Å². The highest BCUT2D eigenvalue weighted by Gasteiger charge is 2.22. The fourth-order valence-electron chi connectivity index (χ4n) is 8.01. The van der Waals surface area contributed by atoms with Gasteiger partial charge in [-0.1, -0.05) is 30.3 Å². The Bertz CT molecular complexity index is 3530. The molecule has 10 aromatic rings. The summed E-state index contributed by atoms with van der Waals surface area (Å²) < 4.78 is 12.3. The molecule has 6 heterocycles. The van der Waals surface area contributed by atoms with E-state index in [9.17, 15) is 19.2 Å². The number of pyridine rings is 4. The average molecular weight is 953 g/mol. The zero-order chi connectivity index (χ0) is 49.6. The number of fused-ring (bicyclic) bond motifs is 2. The number of imidazole rings is 2. The SMILES string of the molecule is CC(Cc1ccc(-c2ccc(C(=O)NC(C)Cc3ccccn3)c(Oc3ccc(C(=O)c4nc5ccccc5[nH]4)cc3)n2)cn1)NC(=O)c1cccnc1Oc1ccc(C(=O)c2nc3ccccc3[nH]2)cc1. The number of amides is 2. The van der Waals surface area contributed by atoms with Gasteiger partial charge in [0.2, 0.25) is 23.3 Å². The van der Waals surface area contributed by atoms with Crippen molar-refractivity contribution >= 4 is 45.4 Å². The first kappa shape index (κ1) is 46.1. The van der Waals surface area contributed by atoms with E-state index >= 15 is 0 Å². The number of nitrogens with zero attached hydrogens (tertiary/aromatic N) is 6. The first-order valence-corrected chi connectivity index (χ1v) is 23.1. The summed E-state index contributed by atoms with van der Waals surface area (Å²) in [5.41, 5.74) is 6.87. The number of benzene rings is 4. The van der Waals surface area contributed by atoms with Crippen molar-refractivity contribution in [2.24, 2.45) is 0 Å². The van der Waals surface area contributed by atoms with Gasteiger partial charge in [-0.15, -0.1) is 0 Å². The van der Waals surface area contributed by atoms with Crippen molar-refractivity contribution in [3.8, 4) is 34.5 Å². The predicted octanol–water partition coefficient (Wildman–Crippen LogP) is 9.45. The van der Waals surface area contributed by atoms with Crippen molar-refractivity contribution in [3.63, 3.8) is 0 Å².